The van der Waals surface area contributed by atoms with Crippen molar-refractivity contribution in [2.45, 2.75) is 56.1 Å². The summed E-state index contributed by atoms with van der Waals surface area (Å²) in [6.07, 6.45) is 3.69. The smallest absolute Gasteiger partial charge is 0.265 e. The first-order valence-corrected chi connectivity index (χ1v) is 17.1. The molecule has 0 radical (unpaired) electrons. The number of methoxy groups -OCH3 is 3. The summed E-state index contributed by atoms with van der Waals surface area (Å²) in [5, 5.41) is 3.82. The van der Waals surface area contributed by atoms with E-state index in [-0.39, 0.29) is 45.6 Å². The zero-order valence-electron chi connectivity index (χ0n) is 25.9. The van der Waals surface area contributed by atoms with Crippen LogP contribution in [0.5, 0.6) is 17.2 Å². The molecule has 0 saturated heterocycles. The van der Waals surface area contributed by atoms with E-state index in [0.29, 0.717) is 21.4 Å². The van der Waals surface area contributed by atoms with Gasteiger partial charge in [-0.25, -0.2) is 8.42 Å². The van der Waals surface area contributed by atoms with Gasteiger partial charge in [0.25, 0.3) is 10.0 Å². The van der Waals surface area contributed by atoms with Crippen molar-refractivity contribution in [2.24, 2.45) is 0 Å². The molecule has 46 heavy (non-hydrogen) atoms. The third-order valence-corrected chi connectivity index (χ3v) is 10.6. The maximum absolute atomic E-state index is 14.4. The molecule has 0 heterocycles. The SMILES string of the molecule is COc1ccc(S(=O)(=O)N(CC(=O)N(Cc2c(Cl)cccc2Cl)[C@@H](C)C(=O)NC2CCCC2)c2cc(Cl)ccc2OC)cc1OC. The van der Waals surface area contributed by atoms with Crippen LogP contribution in [0.25, 0.3) is 0 Å². The Balaban J connectivity index is 1.80. The van der Waals surface area contributed by atoms with Crippen molar-refractivity contribution in [3.05, 3.63) is 75.2 Å². The highest BCUT2D eigenvalue weighted by molar-refractivity contribution is 7.92. The molecule has 0 unspecified atom stereocenters. The molecule has 1 fully saturated rings. The maximum atomic E-state index is 14.4. The Morgan fingerprint density at radius 2 is 1.50 bits per heavy atom. The second kappa shape index (κ2) is 15.5. The average Bonchev–Trinajstić information content (AvgIpc) is 3.55. The van der Waals surface area contributed by atoms with E-state index < -0.39 is 28.5 Å². The lowest BCUT2D eigenvalue weighted by atomic mass is 10.1. The molecule has 0 aromatic heterocycles. The number of halogens is 3. The fourth-order valence-corrected chi connectivity index (χ4v) is 7.42. The highest BCUT2D eigenvalue weighted by Gasteiger charge is 2.35. The monoisotopic (exact) mass is 711 g/mol. The van der Waals surface area contributed by atoms with Gasteiger partial charge in [0.1, 0.15) is 18.3 Å². The molecule has 3 aromatic carbocycles. The number of carbonyl (C=O) groups is 2. The van der Waals surface area contributed by atoms with Crippen molar-refractivity contribution in [1.29, 1.82) is 0 Å². The molecule has 1 aliphatic carbocycles. The van der Waals surface area contributed by atoms with Crippen LogP contribution in [0.3, 0.4) is 0 Å². The van der Waals surface area contributed by atoms with Crippen molar-refractivity contribution in [3.8, 4) is 17.2 Å². The molecule has 0 bridgehead atoms. The van der Waals surface area contributed by atoms with Crippen LogP contribution in [0.4, 0.5) is 5.69 Å². The number of anilines is 1. The molecule has 0 spiro atoms. The van der Waals surface area contributed by atoms with Crippen molar-refractivity contribution < 1.29 is 32.2 Å². The molecule has 2 amide bonds. The van der Waals surface area contributed by atoms with Gasteiger partial charge in [-0.15, -0.1) is 0 Å². The second-order valence-electron chi connectivity index (χ2n) is 10.7. The fraction of sp³-hybridized carbons (Fsp3) is 0.375. The van der Waals surface area contributed by atoms with Gasteiger partial charge in [0, 0.05) is 39.3 Å². The predicted molar refractivity (Wildman–Crippen MR) is 179 cm³/mol. The summed E-state index contributed by atoms with van der Waals surface area (Å²) < 4.78 is 45.8. The summed E-state index contributed by atoms with van der Waals surface area (Å²) in [6.45, 7) is 0.699. The molecule has 14 heteroatoms. The topological polar surface area (TPSA) is 114 Å². The lowest BCUT2D eigenvalue weighted by Crippen LogP contribution is -2.52. The van der Waals surface area contributed by atoms with Crippen LogP contribution in [0.2, 0.25) is 15.1 Å². The van der Waals surface area contributed by atoms with Gasteiger partial charge in [-0.3, -0.25) is 13.9 Å². The standard InChI is InChI=1S/C32H36Cl3N3O7S/c1-20(32(40)36-22-8-5-6-9-22)37(18-24-25(34)10-7-11-26(24)35)31(39)19-38(27-16-21(33)12-14-28(27)43-2)46(41,42)23-13-15-29(44-3)30(17-23)45-4/h7,10-17,20,22H,5-6,8-9,18-19H2,1-4H3,(H,36,40)/t20-/m0/s1. The zero-order valence-corrected chi connectivity index (χ0v) is 29.0. The Labute approximate surface area is 284 Å². The minimum atomic E-state index is -4.48. The number of nitrogens with zero attached hydrogens (tertiary/aromatic N) is 2. The van der Waals surface area contributed by atoms with Crippen LogP contribution in [-0.4, -0.2) is 65.1 Å². The van der Waals surface area contributed by atoms with E-state index in [1.165, 1.54) is 62.6 Å². The Morgan fingerprint density at radius 1 is 0.891 bits per heavy atom. The fourth-order valence-electron chi connectivity index (χ4n) is 5.30. The molecule has 1 atom stereocenters. The second-order valence-corrected chi connectivity index (χ2v) is 13.8. The van der Waals surface area contributed by atoms with Crippen LogP contribution in [0.15, 0.2) is 59.5 Å². The molecule has 1 saturated carbocycles. The normalized spacial score (nSPS) is 14.0. The van der Waals surface area contributed by atoms with Crippen LogP contribution in [0.1, 0.15) is 38.2 Å². The predicted octanol–water partition coefficient (Wildman–Crippen LogP) is 6.34. The summed E-state index contributed by atoms with van der Waals surface area (Å²) in [7, 11) is -0.304. The van der Waals surface area contributed by atoms with Crippen molar-refractivity contribution in [3.63, 3.8) is 0 Å². The van der Waals surface area contributed by atoms with E-state index in [1.54, 1.807) is 25.1 Å². The zero-order chi connectivity index (χ0) is 33.6. The van der Waals surface area contributed by atoms with Crippen LogP contribution < -0.4 is 23.8 Å². The molecule has 248 valence electrons. The minimum absolute atomic E-state index is 0.00606. The lowest BCUT2D eigenvalue weighted by Gasteiger charge is -2.33. The number of hydrogen-bond donors (Lipinski definition) is 1. The first kappa shape index (κ1) is 35.5. The number of carbonyl (C=O) groups excluding carboxylic acids is 2. The molecule has 3 aromatic rings. The quantitative estimate of drug-likeness (QED) is 0.220. The first-order valence-electron chi connectivity index (χ1n) is 14.5. The van der Waals surface area contributed by atoms with Gasteiger partial charge in [-0.05, 0) is 62.2 Å². The summed E-state index contributed by atoms with van der Waals surface area (Å²) in [5.74, 6) is -0.447. The molecule has 0 aliphatic heterocycles. The van der Waals surface area contributed by atoms with E-state index in [0.717, 1.165) is 30.0 Å². The number of benzene rings is 3. The van der Waals surface area contributed by atoms with E-state index in [1.807, 2.05) is 0 Å². The third kappa shape index (κ3) is 7.94. The lowest BCUT2D eigenvalue weighted by molar-refractivity contribution is -0.139. The van der Waals surface area contributed by atoms with Gasteiger partial charge in [-0.1, -0.05) is 53.7 Å². The van der Waals surface area contributed by atoms with E-state index >= 15 is 0 Å². The van der Waals surface area contributed by atoms with Crippen molar-refractivity contribution in [1.82, 2.24) is 10.2 Å². The number of amides is 2. The van der Waals surface area contributed by atoms with Gasteiger partial charge < -0.3 is 24.4 Å². The Hall–Kier alpha value is -3.38. The van der Waals surface area contributed by atoms with Crippen LogP contribution >= 0.6 is 34.8 Å². The van der Waals surface area contributed by atoms with Gasteiger partial charge in [0.15, 0.2) is 11.5 Å². The minimum Gasteiger partial charge on any atom is -0.495 e. The summed E-state index contributed by atoms with van der Waals surface area (Å²) in [6, 6.07) is 12.4. The molecule has 4 rings (SSSR count). The number of nitrogens with one attached hydrogen (secondary N) is 1. The Kier molecular flexibility index (Phi) is 11.9. The highest BCUT2D eigenvalue weighted by atomic mass is 35.5. The van der Waals surface area contributed by atoms with E-state index in [2.05, 4.69) is 5.32 Å². The summed E-state index contributed by atoms with van der Waals surface area (Å²) in [4.78, 5) is 28.9. The average molecular weight is 713 g/mol. The van der Waals surface area contributed by atoms with Gasteiger partial charge >= 0.3 is 0 Å². The summed E-state index contributed by atoms with van der Waals surface area (Å²) >= 11 is 19.3. The molecule has 10 nitrogen and oxygen atoms in total. The third-order valence-electron chi connectivity index (χ3n) is 7.89. The molecule has 1 aliphatic rings. The van der Waals surface area contributed by atoms with Crippen LogP contribution in [0, 0.1) is 0 Å². The number of rotatable bonds is 13. The summed E-state index contributed by atoms with van der Waals surface area (Å²) in [5.41, 5.74) is 0.422. The van der Waals surface area contributed by atoms with E-state index in [9.17, 15) is 18.0 Å². The Bertz CT molecular complexity index is 1660. The molecule has 1 N–H and O–H groups in total. The van der Waals surface area contributed by atoms with Crippen molar-refractivity contribution in [2.75, 3.05) is 32.2 Å². The number of hydrogen-bond acceptors (Lipinski definition) is 7. The first-order chi connectivity index (χ1) is 21.9. The Morgan fingerprint density at radius 3 is 2.11 bits per heavy atom. The van der Waals surface area contributed by atoms with E-state index in [4.69, 9.17) is 49.0 Å². The van der Waals surface area contributed by atoms with Gasteiger partial charge in [-0.2, -0.15) is 0 Å². The maximum Gasteiger partial charge on any atom is 0.265 e. The molecular weight excluding hydrogens is 677 g/mol. The van der Waals surface area contributed by atoms with Crippen molar-refractivity contribution >= 4 is 62.3 Å². The van der Waals surface area contributed by atoms with Crippen LogP contribution in [-0.2, 0) is 26.2 Å². The number of sulfonamides is 1. The number of ether oxygens (including phenoxy) is 3. The van der Waals surface area contributed by atoms with Gasteiger partial charge in [0.2, 0.25) is 11.8 Å². The highest BCUT2D eigenvalue weighted by Crippen LogP contribution is 2.37. The van der Waals surface area contributed by atoms with Gasteiger partial charge in [0.05, 0.1) is 31.9 Å². The largest absolute Gasteiger partial charge is 0.495 e. The molecular formula is C32H36Cl3N3O7S.